The fourth-order valence-corrected chi connectivity index (χ4v) is 5.29. The number of carbonyl (C=O) groups is 2. The van der Waals surface area contributed by atoms with Gasteiger partial charge in [-0.25, -0.2) is 13.6 Å². The number of benzene rings is 2. The number of aromatic nitrogens is 2. The molecule has 2 N–H and O–H groups in total. The van der Waals surface area contributed by atoms with Crippen LogP contribution in [0.4, 0.5) is 25.0 Å². The van der Waals surface area contributed by atoms with Gasteiger partial charge in [-0.2, -0.15) is 0 Å². The Morgan fingerprint density at radius 2 is 1.86 bits per heavy atom. The molecule has 1 aliphatic rings. The van der Waals surface area contributed by atoms with Crippen LogP contribution in [-0.4, -0.2) is 33.7 Å². The standard InChI is InChI=1S/C31H27ClF2N4O4/c1-17-4-3-5-26(38-13-11-19(15-27(38)39)28-23(33)9-8-22(32)29(28)34)25-14-18(10-12-35-25)21-7-6-20(37(2)31(41)42)16-24(21)36-30(17)40/h6-17,26H,3-5H2,1-2H3,(H,36,40)(H,41,42)/t17-,26+/m1/s1. The smallest absolute Gasteiger partial charge is 0.411 e. The fraction of sp³-hybridized carbons (Fsp3) is 0.226. The van der Waals surface area contributed by atoms with Crippen molar-refractivity contribution in [1.82, 2.24) is 9.55 Å². The highest BCUT2D eigenvalue weighted by molar-refractivity contribution is 6.31. The highest BCUT2D eigenvalue weighted by Gasteiger charge is 2.24. The van der Waals surface area contributed by atoms with Gasteiger partial charge in [0.15, 0.2) is 5.82 Å². The van der Waals surface area contributed by atoms with Gasteiger partial charge in [-0.05, 0) is 66.4 Å². The van der Waals surface area contributed by atoms with E-state index in [1.165, 1.54) is 29.9 Å². The average Bonchev–Trinajstić information content (AvgIpc) is 2.97. The Balaban J connectivity index is 1.61. The third-order valence-electron chi connectivity index (χ3n) is 7.55. The number of rotatable bonds is 3. The SMILES string of the molecule is C[C@@H]1CCC[C@H](n2ccc(-c3c(F)ccc(Cl)c3F)cc2=O)c2cc(ccn2)-c2ccc(N(C)C(=O)O)cc2NC1=O. The molecule has 42 heavy (non-hydrogen) atoms. The first-order chi connectivity index (χ1) is 20.0. The Morgan fingerprint density at radius 1 is 1.07 bits per heavy atom. The maximum atomic E-state index is 14.7. The second kappa shape index (κ2) is 11.7. The maximum Gasteiger partial charge on any atom is 0.411 e. The minimum atomic E-state index is -1.14. The van der Waals surface area contributed by atoms with Gasteiger partial charge in [0.05, 0.1) is 28.0 Å². The lowest BCUT2D eigenvalue weighted by atomic mass is 9.95. The number of nitrogens with one attached hydrogen (secondary N) is 1. The van der Waals surface area contributed by atoms with Crippen LogP contribution < -0.4 is 15.8 Å². The number of amides is 2. The predicted molar refractivity (Wildman–Crippen MR) is 157 cm³/mol. The molecule has 0 fully saturated rings. The Labute approximate surface area is 245 Å². The van der Waals surface area contributed by atoms with Crippen LogP contribution in [0.1, 0.15) is 37.9 Å². The summed E-state index contributed by atoms with van der Waals surface area (Å²) in [6.45, 7) is 1.80. The van der Waals surface area contributed by atoms with Crippen molar-refractivity contribution in [3.63, 3.8) is 0 Å². The summed E-state index contributed by atoms with van der Waals surface area (Å²) in [7, 11) is 1.41. The van der Waals surface area contributed by atoms with Crippen LogP contribution in [-0.2, 0) is 4.79 Å². The zero-order chi connectivity index (χ0) is 30.1. The van der Waals surface area contributed by atoms with Crippen molar-refractivity contribution in [3.8, 4) is 22.3 Å². The van der Waals surface area contributed by atoms with E-state index >= 15 is 0 Å². The second-order valence-corrected chi connectivity index (χ2v) is 10.7. The number of pyridine rings is 2. The lowest BCUT2D eigenvalue weighted by Gasteiger charge is -2.24. The highest BCUT2D eigenvalue weighted by Crippen LogP contribution is 2.36. The zero-order valence-electron chi connectivity index (χ0n) is 22.8. The normalized spacial score (nSPS) is 16.9. The summed E-state index contributed by atoms with van der Waals surface area (Å²) in [4.78, 5) is 43.7. The first-order valence-corrected chi connectivity index (χ1v) is 13.7. The van der Waals surface area contributed by atoms with Crippen molar-refractivity contribution < 1.29 is 23.5 Å². The van der Waals surface area contributed by atoms with Crippen molar-refractivity contribution in [2.75, 3.05) is 17.3 Å². The molecule has 0 saturated carbocycles. The molecular formula is C31H27ClF2N4O4. The zero-order valence-corrected chi connectivity index (χ0v) is 23.5. The molecule has 8 nitrogen and oxygen atoms in total. The first kappa shape index (κ1) is 28.9. The van der Waals surface area contributed by atoms with Gasteiger partial charge < -0.3 is 15.0 Å². The largest absolute Gasteiger partial charge is 0.465 e. The predicted octanol–water partition coefficient (Wildman–Crippen LogP) is 6.97. The van der Waals surface area contributed by atoms with E-state index in [2.05, 4.69) is 10.3 Å². The summed E-state index contributed by atoms with van der Waals surface area (Å²) < 4.78 is 30.7. The van der Waals surface area contributed by atoms with Crippen LogP contribution in [0.15, 0.2) is 71.8 Å². The van der Waals surface area contributed by atoms with E-state index < -0.39 is 29.3 Å². The molecule has 2 aromatic carbocycles. The van der Waals surface area contributed by atoms with Crippen molar-refractivity contribution in [3.05, 3.63) is 99.7 Å². The minimum Gasteiger partial charge on any atom is -0.465 e. The lowest BCUT2D eigenvalue weighted by molar-refractivity contribution is -0.119. The Bertz CT molecular complexity index is 1760. The number of hydrogen-bond acceptors (Lipinski definition) is 4. The molecule has 3 heterocycles. The summed E-state index contributed by atoms with van der Waals surface area (Å²) in [5, 5.41) is 12.1. The van der Waals surface area contributed by atoms with E-state index in [0.29, 0.717) is 47.5 Å². The lowest BCUT2D eigenvalue weighted by Crippen LogP contribution is -2.27. The molecule has 5 rings (SSSR count). The van der Waals surface area contributed by atoms with Gasteiger partial charge in [-0.1, -0.05) is 31.0 Å². The van der Waals surface area contributed by atoms with Crippen LogP contribution >= 0.6 is 11.6 Å². The van der Waals surface area contributed by atoms with Gasteiger partial charge in [-0.15, -0.1) is 0 Å². The average molecular weight is 593 g/mol. The van der Waals surface area contributed by atoms with E-state index in [9.17, 15) is 28.3 Å². The third-order valence-corrected chi connectivity index (χ3v) is 7.84. The van der Waals surface area contributed by atoms with Crippen LogP contribution in [0.5, 0.6) is 0 Å². The molecule has 4 aromatic rings. The number of hydrogen-bond donors (Lipinski definition) is 2. The van der Waals surface area contributed by atoms with Gasteiger partial charge in [0.25, 0.3) is 5.56 Å². The first-order valence-electron chi connectivity index (χ1n) is 13.3. The Hall–Kier alpha value is -4.57. The molecule has 0 saturated heterocycles. The number of nitrogens with zero attached hydrogens (tertiary/aromatic N) is 3. The number of carboxylic acid groups (broad SMARTS) is 1. The number of halogens is 3. The molecule has 0 radical (unpaired) electrons. The topological polar surface area (TPSA) is 105 Å². The number of carbonyl (C=O) groups excluding carboxylic acids is 1. The summed E-state index contributed by atoms with van der Waals surface area (Å²) in [6, 6.07) is 12.8. The molecule has 1 aliphatic heterocycles. The molecule has 2 aromatic heterocycles. The van der Waals surface area contributed by atoms with Crippen molar-refractivity contribution in [2.24, 2.45) is 5.92 Å². The number of fused-ring (bicyclic) bond motifs is 4. The Kier molecular flexibility index (Phi) is 8.08. The monoisotopic (exact) mass is 592 g/mol. The fourth-order valence-electron chi connectivity index (χ4n) is 5.13. The van der Waals surface area contributed by atoms with Crippen LogP contribution in [0.25, 0.3) is 22.3 Å². The van der Waals surface area contributed by atoms with E-state index in [-0.39, 0.29) is 28.0 Å². The summed E-state index contributed by atoms with van der Waals surface area (Å²) in [6.07, 6.45) is 3.51. The van der Waals surface area contributed by atoms with Crippen molar-refractivity contribution >= 4 is 35.0 Å². The van der Waals surface area contributed by atoms with E-state index in [1.807, 2.05) is 6.07 Å². The van der Waals surface area contributed by atoms with E-state index in [1.54, 1.807) is 37.4 Å². The summed E-state index contributed by atoms with van der Waals surface area (Å²) in [5.41, 5.74) is 1.95. The van der Waals surface area contributed by atoms with E-state index in [4.69, 9.17) is 11.6 Å². The maximum absolute atomic E-state index is 14.7. The molecule has 0 unspecified atom stereocenters. The van der Waals surface area contributed by atoms with Gasteiger partial charge in [-0.3, -0.25) is 19.5 Å². The molecule has 0 spiro atoms. The van der Waals surface area contributed by atoms with Crippen LogP contribution in [0.2, 0.25) is 5.02 Å². The molecule has 2 atom stereocenters. The molecule has 11 heteroatoms. The molecule has 0 aliphatic carbocycles. The van der Waals surface area contributed by atoms with Gasteiger partial charge in [0.1, 0.15) is 5.82 Å². The third kappa shape index (κ3) is 5.62. The van der Waals surface area contributed by atoms with Gasteiger partial charge in [0.2, 0.25) is 5.91 Å². The molecule has 2 bridgehead atoms. The highest BCUT2D eigenvalue weighted by atomic mass is 35.5. The minimum absolute atomic E-state index is 0.0602. The van der Waals surface area contributed by atoms with Crippen molar-refractivity contribution in [1.29, 1.82) is 0 Å². The summed E-state index contributed by atoms with van der Waals surface area (Å²) in [5.74, 6) is -2.38. The molecular weight excluding hydrogens is 566 g/mol. The van der Waals surface area contributed by atoms with Crippen molar-refractivity contribution in [2.45, 2.75) is 32.2 Å². The van der Waals surface area contributed by atoms with Gasteiger partial charge in [0, 0.05) is 42.7 Å². The second-order valence-electron chi connectivity index (χ2n) is 10.3. The summed E-state index contributed by atoms with van der Waals surface area (Å²) >= 11 is 5.86. The van der Waals surface area contributed by atoms with E-state index in [0.717, 1.165) is 17.0 Å². The van der Waals surface area contributed by atoms with Gasteiger partial charge >= 0.3 is 6.09 Å². The Morgan fingerprint density at radius 3 is 2.60 bits per heavy atom. The van der Waals surface area contributed by atoms with Crippen LogP contribution in [0, 0.1) is 17.6 Å². The quantitative estimate of drug-likeness (QED) is 0.250. The molecule has 216 valence electrons. The van der Waals surface area contributed by atoms with Crippen LogP contribution in [0.3, 0.4) is 0 Å². The molecule has 2 amide bonds. The number of anilines is 2.